The molecular weight excluding hydrogens is 541 g/mol. The molecule has 3 aromatic rings. The van der Waals surface area contributed by atoms with Gasteiger partial charge in [0.2, 0.25) is 10.0 Å². The topological polar surface area (TPSA) is 87.8 Å². The van der Waals surface area contributed by atoms with E-state index >= 15 is 0 Å². The molecule has 0 radical (unpaired) electrons. The molecule has 0 aliphatic carbocycles. The average molecular weight is 563 g/mol. The van der Waals surface area contributed by atoms with E-state index in [0.717, 1.165) is 0 Å². The minimum absolute atomic E-state index is 0. The first kappa shape index (κ1) is 26.8. The average Bonchev–Trinajstić information content (AvgIpc) is 2.86. The van der Waals surface area contributed by atoms with Crippen LogP contribution in [0.5, 0.6) is 0 Å². The quantitative estimate of drug-likeness (QED) is 0.466. The Labute approximate surface area is 224 Å². The van der Waals surface area contributed by atoms with Crippen LogP contribution in [0, 0.1) is 11.6 Å². The van der Waals surface area contributed by atoms with Crippen LogP contribution >= 0.6 is 24.0 Å². The fourth-order valence-corrected chi connectivity index (χ4v) is 5.86. The van der Waals surface area contributed by atoms with E-state index in [4.69, 9.17) is 17.3 Å². The van der Waals surface area contributed by atoms with Gasteiger partial charge in [-0.05, 0) is 53.6 Å². The van der Waals surface area contributed by atoms with E-state index < -0.39 is 27.7 Å². The largest absolute Gasteiger partial charge is 0.370 e. The highest BCUT2D eigenvalue weighted by molar-refractivity contribution is 7.89. The maximum Gasteiger partial charge on any atom is 0.243 e. The number of nitrogens with two attached hydrogens (primary N) is 1. The molecule has 1 atom stereocenters. The molecule has 192 valence electrons. The van der Waals surface area contributed by atoms with Crippen molar-refractivity contribution >= 4 is 46.1 Å². The van der Waals surface area contributed by atoms with Gasteiger partial charge in [-0.1, -0.05) is 48.0 Å². The van der Waals surface area contributed by atoms with Crippen LogP contribution in [0.25, 0.3) is 6.08 Å². The highest BCUT2D eigenvalue weighted by Crippen LogP contribution is 2.39. The molecule has 3 N–H and O–H groups in total. The lowest BCUT2D eigenvalue weighted by Crippen LogP contribution is -2.46. The lowest BCUT2D eigenvalue weighted by Gasteiger charge is -2.37. The molecule has 2 aliphatic heterocycles. The Balaban J connectivity index is 0.00000320. The van der Waals surface area contributed by atoms with Gasteiger partial charge in [-0.3, -0.25) is 0 Å². The van der Waals surface area contributed by atoms with Crippen molar-refractivity contribution in [3.05, 3.63) is 117 Å². The summed E-state index contributed by atoms with van der Waals surface area (Å²) in [4.78, 5) is 4.45. The van der Waals surface area contributed by atoms with Crippen LogP contribution in [0.4, 0.5) is 8.78 Å². The Morgan fingerprint density at radius 1 is 0.973 bits per heavy atom. The second kappa shape index (κ2) is 10.6. The molecule has 6 nitrogen and oxygen atoms in total. The SMILES string of the molecule is Cl.NC1=NC(c2ccccc2F)C2=C(N1)/C(=C/c1ccccc1F)CN(S(=O)(=O)c1ccc(Cl)cc1)C2. The summed E-state index contributed by atoms with van der Waals surface area (Å²) in [6, 6.07) is 17.2. The summed E-state index contributed by atoms with van der Waals surface area (Å²) < 4.78 is 57.9. The smallest absolute Gasteiger partial charge is 0.243 e. The molecular formula is C26H22Cl2F2N4O2S. The van der Waals surface area contributed by atoms with E-state index in [0.29, 0.717) is 21.9 Å². The number of nitrogens with zero attached hydrogens (tertiary/aromatic N) is 2. The Kier molecular flexibility index (Phi) is 7.70. The van der Waals surface area contributed by atoms with Gasteiger partial charge in [-0.15, -0.1) is 12.4 Å². The van der Waals surface area contributed by atoms with E-state index in [9.17, 15) is 17.2 Å². The van der Waals surface area contributed by atoms with Crippen molar-refractivity contribution in [3.63, 3.8) is 0 Å². The zero-order valence-corrected chi connectivity index (χ0v) is 21.6. The van der Waals surface area contributed by atoms with Crippen LogP contribution in [0.15, 0.2) is 99.5 Å². The molecule has 0 amide bonds. The van der Waals surface area contributed by atoms with Gasteiger partial charge in [0, 0.05) is 34.9 Å². The molecule has 5 rings (SSSR count). The third-order valence-corrected chi connectivity index (χ3v) is 8.13. The monoisotopic (exact) mass is 562 g/mol. The molecule has 0 saturated carbocycles. The van der Waals surface area contributed by atoms with Gasteiger partial charge in [-0.25, -0.2) is 22.2 Å². The number of hydrogen-bond donors (Lipinski definition) is 2. The van der Waals surface area contributed by atoms with Gasteiger partial charge in [0.25, 0.3) is 0 Å². The van der Waals surface area contributed by atoms with Crippen LogP contribution in [-0.2, 0) is 10.0 Å². The molecule has 37 heavy (non-hydrogen) atoms. The minimum atomic E-state index is -3.99. The van der Waals surface area contributed by atoms with Crippen molar-refractivity contribution in [1.29, 1.82) is 0 Å². The summed E-state index contributed by atoms with van der Waals surface area (Å²) in [6.07, 6.45) is 1.57. The van der Waals surface area contributed by atoms with Gasteiger partial charge in [0.15, 0.2) is 5.96 Å². The zero-order valence-electron chi connectivity index (χ0n) is 19.2. The Hall–Kier alpha value is -3.24. The molecule has 2 heterocycles. The predicted octanol–water partition coefficient (Wildman–Crippen LogP) is 5.04. The molecule has 0 bridgehead atoms. The van der Waals surface area contributed by atoms with Crippen molar-refractivity contribution in [1.82, 2.24) is 9.62 Å². The number of hydrogen-bond acceptors (Lipinski definition) is 5. The summed E-state index contributed by atoms with van der Waals surface area (Å²) in [6.45, 7) is -0.139. The second-order valence-corrected chi connectivity index (χ2v) is 10.8. The number of sulfonamides is 1. The van der Waals surface area contributed by atoms with Crippen LogP contribution in [0.2, 0.25) is 5.02 Å². The zero-order chi connectivity index (χ0) is 25.4. The molecule has 0 aromatic heterocycles. The van der Waals surface area contributed by atoms with Gasteiger partial charge in [0.05, 0.1) is 4.90 Å². The molecule has 2 aliphatic rings. The van der Waals surface area contributed by atoms with Gasteiger partial charge in [0.1, 0.15) is 17.7 Å². The van der Waals surface area contributed by atoms with Crippen LogP contribution in [-0.4, -0.2) is 31.8 Å². The number of rotatable bonds is 4. The van der Waals surface area contributed by atoms with E-state index in [-0.39, 0.29) is 47.5 Å². The Morgan fingerprint density at radius 2 is 1.62 bits per heavy atom. The number of guanidine groups is 1. The lowest BCUT2D eigenvalue weighted by atomic mass is 9.90. The summed E-state index contributed by atoms with van der Waals surface area (Å²) in [5, 5.41) is 3.40. The number of aliphatic imine (C=N–C) groups is 1. The summed E-state index contributed by atoms with van der Waals surface area (Å²) >= 11 is 5.95. The fourth-order valence-electron chi connectivity index (χ4n) is 4.34. The van der Waals surface area contributed by atoms with Crippen molar-refractivity contribution in [2.45, 2.75) is 10.9 Å². The van der Waals surface area contributed by atoms with Crippen LogP contribution in [0.1, 0.15) is 17.2 Å². The van der Waals surface area contributed by atoms with Crippen LogP contribution in [0.3, 0.4) is 0 Å². The molecule has 0 saturated heterocycles. The van der Waals surface area contributed by atoms with Crippen LogP contribution < -0.4 is 11.1 Å². The van der Waals surface area contributed by atoms with Crippen molar-refractivity contribution in [2.24, 2.45) is 10.7 Å². The number of nitrogens with one attached hydrogen (secondary N) is 1. The first-order chi connectivity index (χ1) is 17.2. The Morgan fingerprint density at radius 3 is 2.30 bits per heavy atom. The van der Waals surface area contributed by atoms with Gasteiger partial charge < -0.3 is 11.1 Å². The highest BCUT2D eigenvalue weighted by atomic mass is 35.5. The van der Waals surface area contributed by atoms with Gasteiger partial charge >= 0.3 is 0 Å². The van der Waals surface area contributed by atoms with Gasteiger partial charge in [-0.2, -0.15) is 4.31 Å². The maximum atomic E-state index is 14.8. The molecule has 11 heteroatoms. The first-order valence-electron chi connectivity index (χ1n) is 11.0. The summed E-state index contributed by atoms with van der Waals surface area (Å²) in [5.74, 6) is -0.909. The maximum absolute atomic E-state index is 14.8. The predicted molar refractivity (Wildman–Crippen MR) is 143 cm³/mol. The number of halogens is 4. The molecule has 1 unspecified atom stereocenters. The molecule has 3 aromatic carbocycles. The first-order valence-corrected chi connectivity index (χ1v) is 12.8. The molecule has 0 fully saturated rings. The second-order valence-electron chi connectivity index (χ2n) is 8.38. The number of benzene rings is 3. The van der Waals surface area contributed by atoms with Crippen molar-refractivity contribution in [3.8, 4) is 0 Å². The Bertz CT molecular complexity index is 1540. The highest BCUT2D eigenvalue weighted by Gasteiger charge is 2.38. The van der Waals surface area contributed by atoms with E-state index in [1.807, 2.05) is 0 Å². The van der Waals surface area contributed by atoms with Crippen molar-refractivity contribution in [2.75, 3.05) is 13.1 Å². The summed E-state index contributed by atoms with van der Waals surface area (Å²) in [7, 11) is -3.99. The van der Waals surface area contributed by atoms with E-state index in [1.165, 1.54) is 40.7 Å². The summed E-state index contributed by atoms with van der Waals surface area (Å²) in [5.41, 5.74) is 8.07. The van der Waals surface area contributed by atoms with Crippen molar-refractivity contribution < 1.29 is 17.2 Å². The normalized spacial score (nSPS) is 19.1. The fraction of sp³-hybridized carbons (Fsp3) is 0.115. The third-order valence-electron chi connectivity index (χ3n) is 6.07. The lowest BCUT2D eigenvalue weighted by molar-refractivity contribution is 0.434. The standard InChI is InChI=1S/C26H21ClF2N4O2S.ClH/c27-18-9-11-19(12-10-18)36(34,35)33-14-17(13-16-5-1-3-7-22(16)28)24-21(15-33)25(32-26(30)31-24)20-6-2-4-8-23(20)29;/h1-13,25H,14-15H2,(H3,30,31,32);1H/b17-13+;. The van der Waals surface area contributed by atoms with E-state index in [1.54, 1.807) is 42.5 Å². The molecule has 0 spiro atoms. The van der Waals surface area contributed by atoms with E-state index in [2.05, 4.69) is 10.3 Å². The minimum Gasteiger partial charge on any atom is -0.370 e. The third kappa shape index (κ3) is 5.26.